The average molecular weight is 304 g/mol. The van der Waals surface area contributed by atoms with Crippen LogP contribution in [0.1, 0.15) is 56.5 Å². The Balaban J connectivity index is 1.53. The normalized spacial score (nSPS) is 23.4. The Morgan fingerprint density at radius 1 is 1.45 bits per heavy atom. The van der Waals surface area contributed by atoms with Gasteiger partial charge in [-0.2, -0.15) is 5.10 Å². The second kappa shape index (κ2) is 5.94. The Kier molecular flexibility index (Phi) is 4.15. The Hall–Kier alpha value is -1.52. The van der Waals surface area contributed by atoms with Gasteiger partial charge in [-0.3, -0.25) is 4.68 Å². The molecule has 1 atom stereocenters. The molecule has 2 fully saturated rings. The van der Waals surface area contributed by atoms with Gasteiger partial charge in [0.25, 0.3) is 0 Å². The van der Waals surface area contributed by atoms with Crippen molar-refractivity contribution in [3.8, 4) is 0 Å². The van der Waals surface area contributed by atoms with E-state index in [1.54, 1.807) is 0 Å². The first-order valence-electron chi connectivity index (χ1n) is 8.58. The van der Waals surface area contributed by atoms with E-state index < -0.39 is 0 Å². The zero-order chi connectivity index (χ0) is 15.7. The van der Waals surface area contributed by atoms with Gasteiger partial charge < -0.3 is 10.2 Å². The van der Waals surface area contributed by atoms with E-state index in [9.17, 15) is 4.79 Å². The topological polar surface area (TPSA) is 50.2 Å². The summed E-state index contributed by atoms with van der Waals surface area (Å²) < 4.78 is 2.09. The minimum atomic E-state index is 0.101. The lowest BCUT2D eigenvalue weighted by atomic mass is 9.67. The third-order valence-corrected chi connectivity index (χ3v) is 5.62. The molecule has 2 aliphatic rings. The molecule has 3 rings (SSSR count). The predicted molar refractivity (Wildman–Crippen MR) is 86.9 cm³/mol. The lowest BCUT2D eigenvalue weighted by Crippen LogP contribution is -2.46. The second-order valence-corrected chi connectivity index (χ2v) is 7.13. The zero-order valence-electron chi connectivity index (χ0n) is 14.1. The molecule has 2 heterocycles. The van der Waals surface area contributed by atoms with Gasteiger partial charge in [0.1, 0.15) is 0 Å². The highest BCUT2D eigenvalue weighted by Gasteiger charge is 2.36. The quantitative estimate of drug-likeness (QED) is 0.929. The van der Waals surface area contributed by atoms with E-state index in [1.807, 2.05) is 11.8 Å². The van der Waals surface area contributed by atoms with Gasteiger partial charge in [-0.05, 0) is 51.0 Å². The van der Waals surface area contributed by atoms with Crippen LogP contribution in [0.15, 0.2) is 6.07 Å². The summed E-state index contributed by atoms with van der Waals surface area (Å²) in [4.78, 5) is 14.3. The van der Waals surface area contributed by atoms with Crippen LogP contribution in [0.5, 0.6) is 0 Å². The van der Waals surface area contributed by atoms with Crippen molar-refractivity contribution in [2.24, 2.45) is 5.41 Å². The molecule has 1 aliphatic carbocycles. The average Bonchev–Trinajstić information content (AvgIpc) is 3.04. The summed E-state index contributed by atoms with van der Waals surface area (Å²) in [6, 6.07) is 2.52. The summed E-state index contributed by atoms with van der Waals surface area (Å²) in [6.45, 7) is 8.78. The third kappa shape index (κ3) is 2.85. The van der Waals surface area contributed by atoms with Crippen LogP contribution >= 0.6 is 0 Å². The molecule has 5 nitrogen and oxygen atoms in total. The van der Waals surface area contributed by atoms with E-state index >= 15 is 0 Å². The number of amides is 2. The van der Waals surface area contributed by atoms with Crippen molar-refractivity contribution < 1.29 is 4.79 Å². The molecule has 0 radical (unpaired) electrons. The fraction of sp³-hybridized carbons (Fsp3) is 0.765. The summed E-state index contributed by atoms with van der Waals surface area (Å²) in [5.41, 5.74) is 2.62. The molecule has 5 heteroatoms. The molecule has 1 N–H and O–H groups in total. The number of nitrogens with one attached hydrogen (secondary N) is 1. The number of aryl methyl sites for hydroxylation is 2. The molecule has 2 amide bonds. The van der Waals surface area contributed by atoms with Crippen LogP contribution in [0.4, 0.5) is 4.79 Å². The van der Waals surface area contributed by atoms with Crippen LogP contribution in [0.25, 0.3) is 0 Å². The van der Waals surface area contributed by atoms with Gasteiger partial charge in [0.2, 0.25) is 0 Å². The fourth-order valence-electron chi connectivity index (χ4n) is 3.85. The molecule has 0 spiro atoms. The lowest BCUT2D eigenvalue weighted by molar-refractivity contribution is 0.122. The van der Waals surface area contributed by atoms with Crippen LogP contribution in [-0.4, -0.2) is 40.3 Å². The summed E-state index contributed by atoms with van der Waals surface area (Å²) in [5.74, 6) is 0. The van der Waals surface area contributed by atoms with Crippen molar-refractivity contribution in [1.82, 2.24) is 20.0 Å². The van der Waals surface area contributed by atoms with Gasteiger partial charge in [0.05, 0.1) is 11.7 Å². The molecular weight excluding hydrogens is 276 g/mol. The minimum Gasteiger partial charge on any atom is -0.337 e. The Morgan fingerprint density at radius 2 is 2.23 bits per heavy atom. The summed E-state index contributed by atoms with van der Waals surface area (Å²) >= 11 is 0. The molecule has 1 aliphatic heterocycles. The molecule has 1 saturated heterocycles. The molecule has 1 aromatic heterocycles. The van der Waals surface area contributed by atoms with E-state index in [1.165, 1.54) is 31.4 Å². The largest absolute Gasteiger partial charge is 0.337 e. The first kappa shape index (κ1) is 15.4. The van der Waals surface area contributed by atoms with E-state index in [-0.39, 0.29) is 6.03 Å². The van der Waals surface area contributed by atoms with Gasteiger partial charge in [-0.15, -0.1) is 0 Å². The standard InChI is InChI=1S/C17H28N4O/c1-4-17(7-5-8-17)12-18-16(22)20-9-6-15(11-20)21-14(3)10-13(2)19-21/h10,15H,4-9,11-12H2,1-3H3,(H,18,22)/t15-/m1/s1. The van der Waals surface area contributed by atoms with Crippen molar-refractivity contribution >= 4 is 6.03 Å². The SMILES string of the molecule is CCC1(CNC(=O)N2CC[C@@H](n3nc(C)cc3C)C2)CCC1. The molecule has 0 bridgehead atoms. The number of carbonyl (C=O) groups excluding carboxylic acids is 1. The Morgan fingerprint density at radius 3 is 2.77 bits per heavy atom. The molecule has 122 valence electrons. The molecule has 22 heavy (non-hydrogen) atoms. The van der Waals surface area contributed by atoms with Crippen molar-refractivity contribution in [2.45, 2.75) is 58.9 Å². The van der Waals surface area contributed by atoms with Crippen molar-refractivity contribution in [3.05, 3.63) is 17.5 Å². The van der Waals surface area contributed by atoms with Crippen molar-refractivity contribution in [1.29, 1.82) is 0 Å². The first-order valence-corrected chi connectivity index (χ1v) is 8.58. The maximum atomic E-state index is 12.4. The highest BCUT2D eigenvalue weighted by atomic mass is 16.2. The van der Waals surface area contributed by atoms with Gasteiger partial charge >= 0.3 is 6.03 Å². The Bertz CT molecular complexity index is 541. The highest BCUT2D eigenvalue weighted by Crippen LogP contribution is 2.43. The van der Waals surface area contributed by atoms with Gasteiger partial charge in [0.15, 0.2) is 0 Å². The van der Waals surface area contributed by atoms with Crippen LogP contribution in [0.3, 0.4) is 0 Å². The number of hydrogen-bond acceptors (Lipinski definition) is 2. The lowest BCUT2D eigenvalue weighted by Gasteiger charge is -2.41. The van der Waals surface area contributed by atoms with Gasteiger partial charge in [0, 0.05) is 25.3 Å². The summed E-state index contributed by atoms with van der Waals surface area (Å²) in [6.07, 6.45) is 6.00. The maximum absolute atomic E-state index is 12.4. The summed E-state index contributed by atoms with van der Waals surface area (Å²) in [7, 11) is 0. The van der Waals surface area contributed by atoms with Gasteiger partial charge in [-0.25, -0.2) is 4.79 Å². The molecule has 1 saturated carbocycles. The molecule has 0 unspecified atom stereocenters. The number of nitrogens with zero attached hydrogens (tertiary/aromatic N) is 3. The fourth-order valence-corrected chi connectivity index (χ4v) is 3.85. The number of likely N-dealkylation sites (tertiary alicyclic amines) is 1. The molecular formula is C17H28N4O. The second-order valence-electron chi connectivity index (χ2n) is 7.13. The minimum absolute atomic E-state index is 0.101. The predicted octanol–water partition coefficient (Wildman–Crippen LogP) is 3.04. The van der Waals surface area contributed by atoms with E-state index in [0.29, 0.717) is 11.5 Å². The number of rotatable bonds is 4. The van der Waals surface area contributed by atoms with Crippen LogP contribution in [-0.2, 0) is 0 Å². The number of urea groups is 1. The summed E-state index contributed by atoms with van der Waals surface area (Å²) in [5, 5.41) is 7.73. The van der Waals surface area contributed by atoms with E-state index in [2.05, 4.69) is 35.0 Å². The highest BCUT2D eigenvalue weighted by molar-refractivity contribution is 5.74. The zero-order valence-corrected chi connectivity index (χ0v) is 14.1. The van der Waals surface area contributed by atoms with Crippen LogP contribution < -0.4 is 5.32 Å². The van der Waals surface area contributed by atoms with Crippen molar-refractivity contribution in [3.63, 3.8) is 0 Å². The van der Waals surface area contributed by atoms with Crippen molar-refractivity contribution in [2.75, 3.05) is 19.6 Å². The first-order chi connectivity index (χ1) is 10.5. The number of hydrogen-bond donors (Lipinski definition) is 1. The van der Waals surface area contributed by atoms with Gasteiger partial charge in [-0.1, -0.05) is 13.3 Å². The monoisotopic (exact) mass is 304 g/mol. The maximum Gasteiger partial charge on any atom is 0.317 e. The molecule has 1 aromatic rings. The van der Waals surface area contributed by atoms with Crippen LogP contribution in [0, 0.1) is 19.3 Å². The van der Waals surface area contributed by atoms with Crippen LogP contribution in [0.2, 0.25) is 0 Å². The Labute approximate surface area is 133 Å². The number of carbonyl (C=O) groups is 1. The third-order valence-electron chi connectivity index (χ3n) is 5.62. The molecule has 0 aromatic carbocycles. The number of aromatic nitrogens is 2. The smallest absolute Gasteiger partial charge is 0.317 e. The van der Waals surface area contributed by atoms with E-state index in [4.69, 9.17) is 0 Å². The van der Waals surface area contributed by atoms with E-state index in [0.717, 1.165) is 31.7 Å².